The number of hydrogen-bond donors (Lipinski definition) is 1. The summed E-state index contributed by atoms with van der Waals surface area (Å²) < 4.78 is 10.5. The maximum absolute atomic E-state index is 11.2. The minimum atomic E-state index is -0.408. The molecule has 1 amide bonds. The van der Waals surface area contributed by atoms with E-state index >= 15 is 0 Å². The summed E-state index contributed by atoms with van der Waals surface area (Å²) in [5.41, 5.74) is 1.23. The number of nitrogens with one attached hydrogen (secondary N) is 1. The number of carbonyl (C=O) groups is 1. The monoisotopic (exact) mass is 334 g/mol. The Morgan fingerprint density at radius 3 is 2.88 bits per heavy atom. The number of amides is 1. The molecule has 0 aromatic heterocycles. The number of carbonyl (C=O) groups excluding carboxylic acids is 1. The van der Waals surface area contributed by atoms with Crippen LogP contribution in [-0.2, 0) is 11.3 Å². The summed E-state index contributed by atoms with van der Waals surface area (Å²) >= 11 is 0. The second-order valence-electron chi connectivity index (χ2n) is 5.45. The van der Waals surface area contributed by atoms with E-state index in [1.807, 2.05) is 19.1 Å². The lowest BCUT2D eigenvalue weighted by Crippen LogP contribution is -2.28. The van der Waals surface area contributed by atoms with Crippen molar-refractivity contribution in [1.29, 1.82) is 0 Å². The van der Waals surface area contributed by atoms with Gasteiger partial charge in [0.05, 0.1) is 13.2 Å². The molecule has 1 N–H and O–H groups in total. The molecule has 0 bridgehead atoms. The van der Waals surface area contributed by atoms with Gasteiger partial charge in [0, 0.05) is 13.1 Å². The van der Waals surface area contributed by atoms with Crippen LogP contribution in [0.1, 0.15) is 32.8 Å². The summed E-state index contributed by atoms with van der Waals surface area (Å²) in [6, 6.07) is 8.11. The number of rotatable bonds is 11. The Labute approximate surface area is 145 Å². The van der Waals surface area contributed by atoms with Gasteiger partial charge in [-0.3, -0.25) is 4.90 Å². The molecule has 0 atom stereocenters. The highest BCUT2D eigenvalue weighted by atomic mass is 16.5. The van der Waals surface area contributed by atoms with E-state index in [1.165, 1.54) is 5.56 Å². The first-order chi connectivity index (χ1) is 11.7. The Bertz CT molecular complexity index is 503. The highest BCUT2D eigenvalue weighted by molar-refractivity contribution is 5.66. The van der Waals surface area contributed by atoms with E-state index in [4.69, 9.17) is 9.47 Å². The first-order valence-corrected chi connectivity index (χ1v) is 8.65. The third-order valence-electron chi connectivity index (χ3n) is 3.36. The molecule has 0 radical (unpaired) electrons. The minimum absolute atomic E-state index is 0.371. The van der Waals surface area contributed by atoms with Crippen LogP contribution in [0.5, 0.6) is 5.75 Å². The Morgan fingerprint density at radius 2 is 2.17 bits per heavy atom. The highest BCUT2D eigenvalue weighted by Crippen LogP contribution is 2.15. The highest BCUT2D eigenvalue weighted by Gasteiger charge is 2.05. The molecule has 0 aliphatic carbocycles. The fourth-order valence-corrected chi connectivity index (χ4v) is 2.30. The van der Waals surface area contributed by atoms with Gasteiger partial charge in [-0.1, -0.05) is 31.2 Å². The van der Waals surface area contributed by atoms with Crippen molar-refractivity contribution in [2.75, 3.05) is 32.8 Å². The number of benzene rings is 1. The summed E-state index contributed by atoms with van der Waals surface area (Å²) in [5.74, 6) is 0.820. The zero-order valence-corrected chi connectivity index (χ0v) is 15.1. The van der Waals surface area contributed by atoms with Gasteiger partial charge in [-0.2, -0.15) is 0 Å². The number of alkyl carbamates (subject to hydrolysis) is 1. The van der Waals surface area contributed by atoms with Gasteiger partial charge in [-0.25, -0.2) is 4.79 Å². The van der Waals surface area contributed by atoms with E-state index in [0.717, 1.165) is 31.8 Å². The quantitative estimate of drug-likeness (QED) is 0.496. The molecule has 0 saturated heterocycles. The van der Waals surface area contributed by atoms with Gasteiger partial charge in [-0.15, -0.1) is 0 Å². The van der Waals surface area contributed by atoms with Crippen LogP contribution >= 0.6 is 0 Å². The maximum atomic E-state index is 11.2. The molecule has 1 rings (SSSR count). The van der Waals surface area contributed by atoms with Crippen molar-refractivity contribution in [2.24, 2.45) is 0 Å². The topological polar surface area (TPSA) is 50.8 Å². The van der Waals surface area contributed by atoms with Gasteiger partial charge in [0.15, 0.2) is 0 Å². The maximum Gasteiger partial charge on any atom is 0.407 e. The molecule has 1 aromatic carbocycles. The van der Waals surface area contributed by atoms with Crippen molar-refractivity contribution in [3.63, 3.8) is 0 Å². The van der Waals surface area contributed by atoms with Crippen molar-refractivity contribution < 1.29 is 14.3 Å². The fraction of sp³-hybridized carbons (Fsp3) is 0.526. The van der Waals surface area contributed by atoms with Gasteiger partial charge in [0.1, 0.15) is 12.4 Å². The average molecular weight is 334 g/mol. The van der Waals surface area contributed by atoms with Gasteiger partial charge in [0.2, 0.25) is 0 Å². The van der Waals surface area contributed by atoms with Crippen molar-refractivity contribution >= 4 is 6.09 Å². The molecule has 5 heteroatoms. The second kappa shape index (κ2) is 12.4. The average Bonchev–Trinajstić information content (AvgIpc) is 2.57. The Balaban J connectivity index is 2.45. The molecule has 24 heavy (non-hydrogen) atoms. The second-order valence-corrected chi connectivity index (χ2v) is 5.45. The van der Waals surface area contributed by atoms with Crippen LogP contribution in [0.2, 0.25) is 0 Å². The number of hydrogen-bond acceptors (Lipinski definition) is 4. The van der Waals surface area contributed by atoms with Crippen LogP contribution in [0.15, 0.2) is 36.4 Å². The molecule has 5 nitrogen and oxygen atoms in total. The summed E-state index contributed by atoms with van der Waals surface area (Å²) in [4.78, 5) is 13.6. The van der Waals surface area contributed by atoms with Gasteiger partial charge < -0.3 is 14.8 Å². The van der Waals surface area contributed by atoms with Crippen LogP contribution in [0.25, 0.3) is 0 Å². The molecule has 0 spiro atoms. The predicted octanol–water partition coefficient (Wildman–Crippen LogP) is 3.60. The van der Waals surface area contributed by atoms with Gasteiger partial charge >= 0.3 is 6.09 Å². The molecule has 0 heterocycles. The zero-order valence-electron chi connectivity index (χ0n) is 15.1. The van der Waals surface area contributed by atoms with E-state index < -0.39 is 6.09 Å². The van der Waals surface area contributed by atoms with Crippen LogP contribution in [-0.4, -0.2) is 43.8 Å². The molecular formula is C19H30N2O3. The van der Waals surface area contributed by atoms with E-state index in [-0.39, 0.29) is 0 Å². The molecule has 0 saturated carbocycles. The van der Waals surface area contributed by atoms with Crippen LogP contribution in [0, 0.1) is 0 Å². The Morgan fingerprint density at radius 1 is 1.33 bits per heavy atom. The van der Waals surface area contributed by atoms with Crippen LogP contribution in [0.4, 0.5) is 4.79 Å². The van der Waals surface area contributed by atoms with E-state index in [0.29, 0.717) is 19.8 Å². The van der Waals surface area contributed by atoms with Crippen LogP contribution in [0.3, 0.4) is 0 Å². The summed E-state index contributed by atoms with van der Waals surface area (Å²) in [6.45, 7) is 10.2. The lowest BCUT2D eigenvalue weighted by molar-refractivity contribution is 0.150. The first-order valence-electron chi connectivity index (χ1n) is 8.65. The van der Waals surface area contributed by atoms with Crippen molar-refractivity contribution in [3.8, 4) is 5.75 Å². The fourth-order valence-electron chi connectivity index (χ4n) is 2.30. The van der Waals surface area contributed by atoms with Crippen LogP contribution < -0.4 is 10.1 Å². The largest absolute Gasteiger partial charge is 0.492 e. The van der Waals surface area contributed by atoms with E-state index in [9.17, 15) is 4.79 Å². The summed E-state index contributed by atoms with van der Waals surface area (Å²) in [7, 11) is 0. The first kappa shape index (κ1) is 20.0. The van der Waals surface area contributed by atoms with Gasteiger partial charge in [-0.05, 0) is 44.5 Å². The lowest BCUT2D eigenvalue weighted by atomic mass is 10.2. The third-order valence-corrected chi connectivity index (χ3v) is 3.36. The normalized spacial score (nSPS) is 11.0. The lowest BCUT2D eigenvalue weighted by Gasteiger charge is -2.20. The Hall–Kier alpha value is -2.01. The SMILES string of the molecule is C/C=C/CN(CCC)Cc1cccc(OCCNC(=O)OCC)c1. The molecular weight excluding hydrogens is 304 g/mol. The Kier molecular flexibility index (Phi) is 10.4. The molecule has 0 aliphatic rings. The van der Waals surface area contributed by atoms with Crippen molar-refractivity contribution in [1.82, 2.24) is 10.2 Å². The summed E-state index contributed by atoms with van der Waals surface area (Å²) in [5, 5.41) is 2.64. The molecule has 0 aliphatic heterocycles. The smallest absolute Gasteiger partial charge is 0.407 e. The predicted molar refractivity (Wildman–Crippen MR) is 97.3 cm³/mol. The van der Waals surface area contributed by atoms with Crippen molar-refractivity contribution in [3.05, 3.63) is 42.0 Å². The molecule has 0 fully saturated rings. The standard InChI is InChI=1S/C19H30N2O3/c1-4-7-13-21(12-5-2)16-17-9-8-10-18(15-17)24-14-11-20-19(22)23-6-3/h4,7-10,15H,5-6,11-14,16H2,1-3H3,(H,20,22)/b7-4+. The number of allylic oxidation sites excluding steroid dienone is 1. The number of ether oxygens (including phenoxy) is 2. The van der Waals surface area contributed by atoms with E-state index in [2.05, 4.69) is 41.4 Å². The molecule has 134 valence electrons. The van der Waals surface area contributed by atoms with Gasteiger partial charge in [0.25, 0.3) is 0 Å². The minimum Gasteiger partial charge on any atom is -0.492 e. The third kappa shape index (κ3) is 8.58. The molecule has 1 aromatic rings. The zero-order chi connectivity index (χ0) is 17.6. The number of nitrogens with zero attached hydrogens (tertiary/aromatic N) is 1. The van der Waals surface area contributed by atoms with E-state index in [1.54, 1.807) is 6.92 Å². The summed E-state index contributed by atoms with van der Waals surface area (Å²) in [6.07, 6.45) is 4.98. The molecule has 0 unspecified atom stereocenters. The van der Waals surface area contributed by atoms with Crippen molar-refractivity contribution in [2.45, 2.75) is 33.7 Å².